The fourth-order valence-electron chi connectivity index (χ4n) is 3.80. The SMILES string of the molecule is CN(C)C(=O)c1c2c(cn(Cc3ccccc3)c1=O)CN(C(=O)c1cnccn1)CC2. The Bertz CT molecular complexity index is 1170. The number of hydrogen-bond donors (Lipinski definition) is 0. The van der Waals surface area contributed by atoms with Crippen LogP contribution in [0, 0.1) is 0 Å². The second-order valence-corrected chi connectivity index (χ2v) is 7.69. The zero-order valence-corrected chi connectivity index (χ0v) is 17.5. The molecule has 0 fully saturated rings. The monoisotopic (exact) mass is 417 g/mol. The highest BCUT2D eigenvalue weighted by Crippen LogP contribution is 2.23. The first-order chi connectivity index (χ1) is 15.0. The summed E-state index contributed by atoms with van der Waals surface area (Å²) in [4.78, 5) is 50.2. The standard InChI is InChI=1S/C23H23N5O3/c1-26(2)22(30)20-18-8-11-27(21(29)19-12-24-9-10-25-19)14-17(18)15-28(23(20)31)13-16-6-4-3-5-7-16/h3-7,9-10,12,15H,8,11,13-14H2,1-2H3. The molecular formula is C23H23N5O3. The van der Waals surface area contributed by atoms with Gasteiger partial charge in [0.15, 0.2) is 0 Å². The van der Waals surface area contributed by atoms with Gasteiger partial charge in [-0.25, -0.2) is 4.98 Å². The van der Waals surface area contributed by atoms with Crippen LogP contribution in [0.4, 0.5) is 0 Å². The van der Waals surface area contributed by atoms with Crippen molar-refractivity contribution in [3.05, 3.63) is 93.4 Å². The maximum Gasteiger partial charge on any atom is 0.274 e. The van der Waals surface area contributed by atoms with Gasteiger partial charge in [0.25, 0.3) is 17.4 Å². The Morgan fingerprint density at radius 2 is 1.90 bits per heavy atom. The number of benzene rings is 1. The zero-order chi connectivity index (χ0) is 22.0. The fraction of sp³-hybridized carbons (Fsp3) is 0.261. The summed E-state index contributed by atoms with van der Waals surface area (Å²) in [6.45, 7) is 1.05. The van der Waals surface area contributed by atoms with Gasteiger partial charge in [0.05, 0.1) is 12.7 Å². The van der Waals surface area contributed by atoms with Gasteiger partial charge in [0.1, 0.15) is 11.3 Å². The van der Waals surface area contributed by atoms with Gasteiger partial charge in [-0.05, 0) is 23.1 Å². The zero-order valence-electron chi connectivity index (χ0n) is 17.5. The highest BCUT2D eigenvalue weighted by Gasteiger charge is 2.29. The third-order valence-electron chi connectivity index (χ3n) is 5.35. The summed E-state index contributed by atoms with van der Waals surface area (Å²) in [5, 5.41) is 0. The average Bonchev–Trinajstić information content (AvgIpc) is 2.79. The number of pyridine rings is 1. The molecule has 3 aromatic rings. The minimum atomic E-state index is -0.322. The number of fused-ring (bicyclic) bond motifs is 1. The summed E-state index contributed by atoms with van der Waals surface area (Å²) in [6, 6.07) is 9.60. The average molecular weight is 417 g/mol. The first kappa shape index (κ1) is 20.5. The van der Waals surface area contributed by atoms with E-state index in [0.717, 1.165) is 16.7 Å². The molecule has 0 bridgehead atoms. The van der Waals surface area contributed by atoms with Crippen molar-refractivity contribution in [1.29, 1.82) is 0 Å². The minimum absolute atomic E-state index is 0.185. The van der Waals surface area contributed by atoms with E-state index in [0.29, 0.717) is 26.1 Å². The lowest BCUT2D eigenvalue weighted by molar-refractivity contribution is 0.0727. The van der Waals surface area contributed by atoms with E-state index in [1.165, 1.54) is 23.5 Å². The van der Waals surface area contributed by atoms with Gasteiger partial charge in [0.2, 0.25) is 0 Å². The van der Waals surface area contributed by atoms with Gasteiger partial charge >= 0.3 is 0 Å². The van der Waals surface area contributed by atoms with Crippen LogP contribution in [-0.4, -0.2) is 56.8 Å². The molecule has 0 N–H and O–H groups in total. The lowest BCUT2D eigenvalue weighted by Gasteiger charge is -2.30. The molecule has 8 heteroatoms. The summed E-state index contributed by atoms with van der Waals surface area (Å²) >= 11 is 0. The van der Waals surface area contributed by atoms with E-state index < -0.39 is 0 Å². The lowest BCUT2D eigenvalue weighted by Crippen LogP contribution is -2.41. The molecule has 0 radical (unpaired) electrons. The summed E-state index contributed by atoms with van der Waals surface area (Å²) in [7, 11) is 3.27. The third-order valence-corrected chi connectivity index (χ3v) is 5.35. The molecule has 0 aliphatic carbocycles. The molecule has 8 nitrogen and oxygen atoms in total. The van der Waals surface area contributed by atoms with E-state index in [9.17, 15) is 14.4 Å². The Labute approximate surface area is 179 Å². The fourth-order valence-corrected chi connectivity index (χ4v) is 3.80. The van der Waals surface area contributed by atoms with Crippen LogP contribution in [0.2, 0.25) is 0 Å². The summed E-state index contributed by atoms with van der Waals surface area (Å²) < 4.78 is 1.56. The highest BCUT2D eigenvalue weighted by molar-refractivity contribution is 5.96. The van der Waals surface area contributed by atoms with Gasteiger partial charge in [-0.3, -0.25) is 19.4 Å². The van der Waals surface area contributed by atoms with Crippen LogP contribution in [0.1, 0.15) is 37.5 Å². The second kappa shape index (κ2) is 8.51. The largest absolute Gasteiger partial charge is 0.345 e. The van der Waals surface area contributed by atoms with Crippen LogP contribution in [0.25, 0.3) is 0 Å². The molecule has 0 spiro atoms. The smallest absolute Gasteiger partial charge is 0.274 e. The van der Waals surface area contributed by atoms with Crippen molar-refractivity contribution in [1.82, 2.24) is 24.3 Å². The van der Waals surface area contributed by atoms with Crippen molar-refractivity contribution in [2.45, 2.75) is 19.5 Å². The number of carbonyl (C=O) groups is 2. The molecular weight excluding hydrogens is 394 g/mol. The Hall–Kier alpha value is -3.81. The molecule has 3 heterocycles. The normalized spacial score (nSPS) is 12.9. The Morgan fingerprint density at radius 3 is 2.58 bits per heavy atom. The predicted molar refractivity (Wildman–Crippen MR) is 115 cm³/mol. The van der Waals surface area contributed by atoms with E-state index in [2.05, 4.69) is 9.97 Å². The topological polar surface area (TPSA) is 88.4 Å². The Morgan fingerprint density at radius 1 is 1.13 bits per heavy atom. The van der Waals surface area contributed by atoms with Gasteiger partial charge in [0, 0.05) is 45.8 Å². The van der Waals surface area contributed by atoms with E-state index >= 15 is 0 Å². The van der Waals surface area contributed by atoms with Crippen LogP contribution < -0.4 is 5.56 Å². The highest BCUT2D eigenvalue weighted by atomic mass is 16.2. The number of carbonyl (C=O) groups excluding carboxylic acids is 2. The van der Waals surface area contributed by atoms with Crippen molar-refractivity contribution < 1.29 is 9.59 Å². The number of aromatic nitrogens is 3. The molecule has 2 aromatic heterocycles. The molecule has 0 unspecified atom stereocenters. The van der Waals surface area contributed by atoms with Crippen molar-refractivity contribution in [3.63, 3.8) is 0 Å². The van der Waals surface area contributed by atoms with Crippen molar-refractivity contribution >= 4 is 11.8 Å². The van der Waals surface area contributed by atoms with Gasteiger partial charge in [-0.1, -0.05) is 30.3 Å². The maximum atomic E-state index is 13.2. The quantitative estimate of drug-likeness (QED) is 0.643. The predicted octanol–water partition coefficient (Wildman–Crippen LogP) is 1.59. The first-order valence-electron chi connectivity index (χ1n) is 10.0. The first-order valence-corrected chi connectivity index (χ1v) is 10.0. The van der Waals surface area contributed by atoms with Crippen LogP contribution >= 0.6 is 0 Å². The second-order valence-electron chi connectivity index (χ2n) is 7.69. The molecule has 1 aromatic carbocycles. The third kappa shape index (κ3) is 4.09. The van der Waals surface area contributed by atoms with E-state index in [-0.39, 0.29) is 28.6 Å². The maximum absolute atomic E-state index is 13.2. The van der Waals surface area contributed by atoms with Crippen LogP contribution in [0.3, 0.4) is 0 Å². The van der Waals surface area contributed by atoms with Crippen molar-refractivity contribution in [3.8, 4) is 0 Å². The molecule has 0 atom stereocenters. The van der Waals surface area contributed by atoms with Crippen LogP contribution in [-0.2, 0) is 19.5 Å². The molecule has 4 rings (SSSR count). The van der Waals surface area contributed by atoms with Gasteiger partial charge < -0.3 is 14.4 Å². The summed E-state index contributed by atoms with van der Waals surface area (Å²) in [6.07, 6.45) is 6.64. The van der Waals surface area contributed by atoms with Crippen LogP contribution in [0.5, 0.6) is 0 Å². The molecule has 1 aliphatic rings. The minimum Gasteiger partial charge on any atom is -0.345 e. The van der Waals surface area contributed by atoms with E-state index in [4.69, 9.17) is 0 Å². The number of nitrogens with zero attached hydrogens (tertiary/aromatic N) is 5. The van der Waals surface area contributed by atoms with E-state index in [1.54, 1.807) is 29.8 Å². The van der Waals surface area contributed by atoms with Crippen molar-refractivity contribution in [2.24, 2.45) is 0 Å². The molecule has 2 amide bonds. The molecule has 158 valence electrons. The summed E-state index contributed by atoms with van der Waals surface area (Å²) in [5.41, 5.74) is 2.62. The number of amides is 2. The van der Waals surface area contributed by atoms with E-state index in [1.807, 2.05) is 30.3 Å². The summed E-state index contributed by atoms with van der Waals surface area (Å²) in [5.74, 6) is -0.544. The van der Waals surface area contributed by atoms with Gasteiger partial charge in [-0.15, -0.1) is 0 Å². The Balaban J connectivity index is 1.75. The number of hydrogen-bond acceptors (Lipinski definition) is 5. The lowest BCUT2D eigenvalue weighted by atomic mass is 9.95. The molecule has 1 aliphatic heterocycles. The molecule has 0 saturated heterocycles. The van der Waals surface area contributed by atoms with Gasteiger partial charge in [-0.2, -0.15) is 0 Å². The molecule has 31 heavy (non-hydrogen) atoms. The van der Waals surface area contributed by atoms with Crippen LogP contribution in [0.15, 0.2) is 59.9 Å². The van der Waals surface area contributed by atoms with Crippen molar-refractivity contribution in [2.75, 3.05) is 20.6 Å². The Kier molecular flexibility index (Phi) is 5.62. The molecule has 0 saturated carbocycles. The number of rotatable bonds is 4.